The smallest absolute Gasteiger partial charge is 0.224 e. The monoisotopic (exact) mass is 279 g/mol. The largest absolute Gasteiger partial charge is 0.361 e. The number of rotatable bonds is 2. The van der Waals surface area contributed by atoms with E-state index >= 15 is 0 Å². The molecule has 16 heavy (non-hydrogen) atoms. The highest BCUT2D eigenvalue weighted by Gasteiger charge is 2.22. The minimum Gasteiger partial charge on any atom is -0.361 e. The number of nitrogens with one attached hydrogen (secondary N) is 1. The Kier molecular flexibility index (Phi) is 3.05. The zero-order chi connectivity index (χ0) is 11.8. The summed E-state index contributed by atoms with van der Waals surface area (Å²) in [4.78, 5) is 7.56. The van der Waals surface area contributed by atoms with Crippen LogP contribution in [0.3, 0.4) is 0 Å². The fourth-order valence-electron chi connectivity index (χ4n) is 1.29. The van der Waals surface area contributed by atoms with Gasteiger partial charge in [-0.1, -0.05) is 11.6 Å². The number of anilines is 1. The molecular weight excluding hydrogens is 273 g/mol. The molecule has 2 heterocycles. The van der Waals surface area contributed by atoms with Gasteiger partial charge < -0.3 is 5.32 Å². The van der Waals surface area contributed by atoms with E-state index in [0.717, 1.165) is 0 Å². The van der Waals surface area contributed by atoms with Crippen LogP contribution in [0.4, 0.5) is 5.82 Å². The molecule has 0 saturated heterocycles. The quantitative estimate of drug-likeness (QED) is 0.831. The number of nitrogens with zero attached hydrogens (tertiary/aromatic N) is 2. The Bertz CT molecular complexity index is 544. The molecule has 5 nitrogen and oxygen atoms in total. The Morgan fingerprint density at radius 1 is 1.44 bits per heavy atom. The van der Waals surface area contributed by atoms with Crippen molar-refractivity contribution in [3.63, 3.8) is 0 Å². The van der Waals surface area contributed by atoms with Crippen molar-refractivity contribution in [1.29, 1.82) is 0 Å². The lowest BCUT2D eigenvalue weighted by Gasteiger charge is -2.11. The minimum absolute atomic E-state index is 0.00898. The lowest BCUT2D eigenvalue weighted by atomic mass is 10.3. The van der Waals surface area contributed by atoms with Gasteiger partial charge in [0.1, 0.15) is 10.8 Å². The standard InChI is InChI=1S/C8H7Cl2N3O2S/c9-6-3-11-8(10)13-7(6)12-5-1-2-16(14,15)4-5/h1-3,5H,4H2,(H,11,12,13). The van der Waals surface area contributed by atoms with Crippen LogP contribution in [0.15, 0.2) is 17.7 Å². The van der Waals surface area contributed by atoms with Gasteiger partial charge in [0.05, 0.1) is 18.0 Å². The van der Waals surface area contributed by atoms with Crippen LogP contribution < -0.4 is 5.32 Å². The summed E-state index contributed by atoms with van der Waals surface area (Å²) in [6.45, 7) is 0. The van der Waals surface area contributed by atoms with Crippen LogP contribution in [0, 0.1) is 0 Å². The van der Waals surface area contributed by atoms with Gasteiger partial charge in [0.2, 0.25) is 5.28 Å². The third-order valence-electron chi connectivity index (χ3n) is 1.97. The van der Waals surface area contributed by atoms with Gasteiger partial charge in [-0.05, 0) is 17.7 Å². The van der Waals surface area contributed by atoms with Gasteiger partial charge in [-0.2, -0.15) is 4.98 Å². The first-order valence-electron chi connectivity index (χ1n) is 4.32. The minimum atomic E-state index is -3.10. The summed E-state index contributed by atoms with van der Waals surface area (Å²) in [5.41, 5.74) is 0. The molecule has 1 aromatic rings. The summed E-state index contributed by atoms with van der Waals surface area (Å²) in [6.07, 6.45) is 2.90. The molecule has 1 unspecified atom stereocenters. The summed E-state index contributed by atoms with van der Waals surface area (Å²) in [5, 5.41) is 4.39. The Balaban J connectivity index is 2.17. The average Bonchev–Trinajstić information content (AvgIpc) is 2.52. The molecule has 1 atom stereocenters. The molecule has 1 N–H and O–H groups in total. The van der Waals surface area contributed by atoms with Gasteiger partial charge in [0, 0.05) is 5.41 Å². The molecule has 8 heteroatoms. The first kappa shape index (κ1) is 11.6. The van der Waals surface area contributed by atoms with E-state index in [1.165, 1.54) is 11.6 Å². The average molecular weight is 280 g/mol. The van der Waals surface area contributed by atoms with E-state index in [1.807, 2.05) is 0 Å². The van der Waals surface area contributed by atoms with Gasteiger partial charge >= 0.3 is 0 Å². The van der Waals surface area contributed by atoms with Gasteiger partial charge in [-0.3, -0.25) is 0 Å². The van der Waals surface area contributed by atoms with E-state index in [4.69, 9.17) is 23.2 Å². The fraction of sp³-hybridized carbons (Fsp3) is 0.250. The normalized spacial score (nSPS) is 22.2. The molecule has 0 bridgehead atoms. The van der Waals surface area contributed by atoms with Crippen LogP contribution in [-0.2, 0) is 9.84 Å². The highest BCUT2D eigenvalue weighted by Crippen LogP contribution is 2.22. The van der Waals surface area contributed by atoms with E-state index in [0.29, 0.717) is 10.8 Å². The molecule has 0 fully saturated rings. The van der Waals surface area contributed by atoms with Crippen molar-refractivity contribution in [3.8, 4) is 0 Å². The van der Waals surface area contributed by atoms with Crippen molar-refractivity contribution < 1.29 is 8.42 Å². The lowest BCUT2D eigenvalue weighted by molar-refractivity contribution is 0.605. The number of hydrogen-bond acceptors (Lipinski definition) is 5. The molecule has 0 amide bonds. The number of sulfone groups is 1. The molecule has 0 aromatic carbocycles. The molecule has 1 aliphatic heterocycles. The molecule has 0 spiro atoms. The number of aromatic nitrogens is 2. The van der Waals surface area contributed by atoms with Gasteiger partial charge in [0.15, 0.2) is 9.84 Å². The molecular formula is C8H7Cl2N3O2S. The van der Waals surface area contributed by atoms with Crippen LogP contribution in [0.1, 0.15) is 0 Å². The maximum atomic E-state index is 11.2. The summed E-state index contributed by atoms with van der Waals surface area (Å²) in [5.74, 6) is 0.318. The van der Waals surface area contributed by atoms with Gasteiger partial charge in [0.25, 0.3) is 0 Å². The van der Waals surface area contributed by atoms with Crippen LogP contribution >= 0.6 is 23.2 Å². The highest BCUT2D eigenvalue weighted by atomic mass is 35.5. The van der Waals surface area contributed by atoms with E-state index in [9.17, 15) is 8.42 Å². The molecule has 0 radical (unpaired) electrons. The van der Waals surface area contributed by atoms with E-state index < -0.39 is 9.84 Å². The molecule has 1 aromatic heterocycles. The third-order valence-corrected chi connectivity index (χ3v) is 3.82. The third kappa shape index (κ3) is 2.63. The Hall–Kier alpha value is -0.850. The number of hydrogen-bond donors (Lipinski definition) is 1. The molecule has 0 aliphatic carbocycles. The second-order valence-electron chi connectivity index (χ2n) is 3.24. The first-order chi connectivity index (χ1) is 7.46. The van der Waals surface area contributed by atoms with Crippen molar-refractivity contribution in [3.05, 3.63) is 28.0 Å². The Morgan fingerprint density at radius 2 is 2.19 bits per heavy atom. The summed E-state index contributed by atoms with van der Waals surface area (Å²) >= 11 is 11.4. The predicted molar refractivity (Wildman–Crippen MR) is 62.4 cm³/mol. The van der Waals surface area contributed by atoms with Crippen molar-refractivity contribution in [2.75, 3.05) is 11.1 Å². The van der Waals surface area contributed by atoms with Crippen LogP contribution in [0.5, 0.6) is 0 Å². The maximum Gasteiger partial charge on any atom is 0.224 e. The van der Waals surface area contributed by atoms with Crippen LogP contribution in [-0.4, -0.2) is 30.2 Å². The Morgan fingerprint density at radius 3 is 2.81 bits per heavy atom. The zero-order valence-electron chi connectivity index (χ0n) is 7.89. The van der Waals surface area contributed by atoms with E-state index in [2.05, 4.69) is 15.3 Å². The molecule has 1 aliphatic rings. The van der Waals surface area contributed by atoms with Crippen molar-refractivity contribution >= 4 is 38.9 Å². The first-order valence-corrected chi connectivity index (χ1v) is 6.79. The topological polar surface area (TPSA) is 72.0 Å². The highest BCUT2D eigenvalue weighted by molar-refractivity contribution is 7.94. The maximum absolute atomic E-state index is 11.2. The SMILES string of the molecule is O=S1(=O)C=CC(Nc2nc(Cl)ncc2Cl)C1. The summed E-state index contributed by atoms with van der Waals surface area (Å²) in [7, 11) is -3.10. The number of halogens is 2. The van der Waals surface area contributed by atoms with Crippen molar-refractivity contribution in [2.45, 2.75) is 6.04 Å². The molecule has 2 rings (SSSR count). The second-order valence-corrected chi connectivity index (χ2v) is 5.92. The van der Waals surface area contributed by atoms with Crippen molar-refractivity contribution in [1.82, 2.24) is 9.97 Å². The van der Waals surface area contributed by atoms with E-state index in [-0.39, 0.29) is 17.1 Å². The molecule has 0 saturated carbocycles. The van der Waals surface area contributed by atoms with Crippen LogP contribution in [0.2, 0.25) is 10.3 Å². The zero-order valence-corrected chi connectivity index (χ0v) is 10.2. The predicted octanol–water partition coefficient (Wildman–Crippen LogP) is 1.51. The Labute approximate surface area is 102 Å². The van der Waals surface area contributed by atoms with Gasteiger partial charge in [-0.25, -0.2) is 13.4 Å². The lowest BCUT2D eigenvalue weighted by Crippen LogP contribution is -2.21. The van der Waals surface area contributed by atoms with Gasteiger partial charge in [-0.15, -0.1) is 0 Å². The van der Waals surface area contributed by atoms with E-state index in [1.54, 1.807) is 6.08 Å². The summed E-state index contributed by atoms with van der Waals surface area (Å²) in [6, 6.07) is -0.339. The fourth-order valence-corrected chi connectivity index (χ4v) is 2.80. The second kappa shape index (κ2) is 4.20. The summed E-state index contributed by atoms with van der Waals surface area (Å²) < 4.78 is 22.3. The molecule has 86 valence electrons. The van der Waals surface area contributed by atoms with Crippen molar-refractivity contribution in [2.24, 2.45) is 0 Å². The van der Waals surface area contributed by atoms with Crippen LogP contribution in [0.25, 0.3) is 0 Å².